The lowest BCUT2D eigenvalue weighted by Crippen LogP contribution is -2.39. The molecule has 2 atom stereocenters. The first-order valence-electron chi connectivity index (χ1n) is 12.5. The first-order valence-corrected chi connectivity index (χ1v) is 12.5. The summed E-state index contributed by atoms with van der Waals surface area (Å²) in [5.74, 6) is 0.207. The van der Waals surface area contributed by atoms with E-state index in [9.17, 15) is 13.6 Å². The van der Waals surface area contributed by atoms with Crippen molar-refractivity contribution in [3.8, 4) is 0 Å². The van der Waals surface area contributed by atoms with Crippen LogP contribution in [0.1, 0.15) is 63.1 Å². The number of halogens is 2. The topological polar surface area (TPSA) is 92.8 Å². The number of anilines is 2. The summed E-state index contributed by atoms with van der Waals surface area (Å²) in [6.07, 6.45) is 4.71. The zero-order valence-corrected chi connectivity index (χ0v) is 20.3. The van der Waals surface area contributed by atoms with E-state index < -0.39 is 18.0 Å². The number of hydrogen-bond donors (Lipinski definition) is 1. The molecule has 3 fully saturated rings. The van der Waals surface area contributed by atoms with E-state index in [4.69, 9.17) is 9.72 Å². The Hall–Kier alpha value is -3.12. The smallest absolute Gasteiger partial charge is 0.284 e. The van der Waals surface area contributed by atoms with Crippen LogP contribution in [0.5, 0.6) is 0 Å². The number of carbonyl (C=O) groups excluding carboxylic acids is 1. The zero-order valence-electron chi connectivity index (χ0n) is 20.3. The van der Waals surface area contributed by atoms with E-state index in [-0.39, 0.29) is 30.9 Å². The Morgan fingerprint density at radius 2 is 2.06 bits per heavy atom. The molecule has 36 heavy (non-hydrogen) atoms. The molecule has 0 aliphatic carbocycles. The van der Waals surface area contributed by atoms with Crippen LogP contribution in [0.4, 0.5) is 20.3 Å². The number of carbonyl (C=O) groups is 1. The minimum atomic E-state index is -2.81. The first-order chi connectivity index (χ1) is 17.4. The number of fused-ring (bicyclic) bond motifs is 3. The van der Waals surface area contributed by atoms with Crippen molar-refractivity contribution >= 4 is 23.1 Å². The molecule has 3 saturated heterocycles. The van der Waals surface area contributed by atoms with E-state index in [1.54, 1.807) is 10.9 Å². The highest BCUT2D eigenvalue weighted by Crippen LogP contribution is 2.33. The number of hydrogen-bond acceptors (Lipinski definition) is 7. The number of alkyl halides is 2. The summed E-state index contributed by atoms with van der Waals surface area (Å²) in [4.78, 5) is 22.4. The van der Waals surface area contributed by atoms with E-state index >= 15 is 0 Å². The molecular weight excluding hydrogens is 470 g/mol. The quantitative estimate of drug-likeness (QED) is 0.552. The van der Waals surface area contributed by atoms with Gasteiger partial charge in [-0.05, 0) is 39.2 Å². The van der Waals surface area contributed by atoms with Crippen molar-refractivity contribution in [2.24, 2.45) is 0 Å². The number of aromatic nitrogens is 5. The van der Waals surface area contributed by atoms with Gasteiger partial charge in [-0.3, -0.25) is 9.48 Å². The normalized spacial score (nSPS) is 23.0. The fourth-order valence-electron chi connectivity index (χ4n) is 5.57. The van der Waals surface area contributed by atoms with Gasteiger partial charge in [0.15, 0.2) is 11.3 Å². The van der Waals surface area contributed by atoms with E-state index in [0.717, 1.165) is 44.7 Å². The summed E-state index contributed by atoms with van der Waals surface area (Å²) >= 11 is 0. The Morgan fingerprint density at radius 1 is 1.25 bits per heavy atom. The van der Waals surface area contributed by atoms with Gasteiger partial charge >= 0.3 is 0 Å². The van der Waals surface area contributed by atoms with Crippen molar-refractivity contribution in [1.82, 2.24) is 29.3 Å². The highest BCUT2D eigenvalue weighted by molar-refractivity contribution is 6.08. The Kier molecular flexibility index (Phi) is 5.87. The molecule has 2 bridgehead atoms. The number of rotatable bonds is 6. The van der Waals surface area contributed by atoms with Gasteiger partial charge in [-0.25, -0.2) is 18.3 Å². The molecule has 3 aliphatic rings. The molecule has 0 unspecified atom stereocenters. The fourth-order valence-corrected chi connectivity index (χ4v) is 5.57. The number of morpholine rings is 1. The van der Waals surface area contributed by atoms with Crippen molar-refractivity contribution in [3.05, 3.63) is 35.9 Å². The summed E-state index contributed by atoms with van der Waals surface area (Å²) in [6, 6.07) is 2.61. The molecule has 3 aliphatic heterocycles. The second-order valence-corrected chi connectivity index (χ2v) is 10.1. The van der Waals surface area contributed by atoms with E-state index in [1.165, 1.54) is 16.9 Å². The predicted molar refractivity (Wildman–Crippen MR) is 131 cm³/mol. The third-order valence-electron chi connectivity index (χ3n) is 7.61. The Morgan fingerprint density at radius 3 is 2.72 bits per heavy atom. The van der Waals surface area contributed by atoms with Crippen molar-refractivity contribution in [1.29, 1.82) is 0 Å². The van der Waals surface area contributed by atoms with Gasteiger partial charge in [-0.15, -0.1) is 0 Å². The third-order valence-corrected chi connectivity index (χ3v) is 7.61. The largest absolute Gasteiger partial charge is 0.374 e. The number of likely N-dealkylation sites (tertiary alicyclic amines) is 1. The standard InChI is InChI=1S/C24H30F2N8O2.H2/c1-14(2)31-6-3-15(4-7-31)34-12-19(21(30-34)22(25)26)28-24(35)18-10-27-33-8-5-20(29-23(18)33)32-11-17-9-16(32)13-36-17;/h5,8,10,12,14-17,22H,3-4,6-7,9,11,13H2,1-2H3,(H,28,35);1H/t16-,17-;/m0./s1. The lowest BCUT2D eigenvalue weighted by atomic mass is 10.0. The van der Waals surface area contributed by atoms with E-state index in [0.29, 0.717) is 18.3 Å². The molecule has 194 valence electrons. The highest BCUT2D eigenvalue weighted by atomic mass is 19.3. The minimum Gasteiger partial charge on any atom is -0.374 e. The van der Waals surface area contributed by atoms with Crippen LogP contribution in [0.3, 0.4) is 0 Å². The van der Waals surface area contributed by atoms with E-state index in [1.807, 2.05) is 6.07 Å². The molecule has 6 heterocycles. The molecule has 3 aromatic rings. The van der Waals surface area contributed by atoms with Crippen LogP contribution >= 0.6 is 0 Å². The maximum atomic E-state index is 13.8. The molecule has 10 nitrogen and oxygen atoms in total. The number of nitrogens with zero attached hydrogens (tertiary/aromatic N) is 7. The SMILES string of the molecule is CC(C)N1CCC(n2cc(NC(=O)c3cnn4ccc(N5C[C@@H]6C[C@H]5CO6)nc34)c(C(F)F)n2)CC1.[HH]. The van der Waals surface area contributed by atoms with Crippen molar-refractivity contribution < 1.29 is 19.7 Å². The molecule has 0 aromatic carbocycles. The van der Waals surface area contributed by atoms with Gasteiger partial charge < -0.3 is 19.9 Å². The second kappa shape index (κ2) is 9.07. The van der Waals surface area contributed by atoms with Crippen LogP contribution in [0.2, 0.25) is 0 Å². The van der Waals surface area contributed by atoms with Gasteiger partial charge in [-0.2, -0.15) is 10.2 Å². The Balaban J connectivity index is 0.00000280. The summed E-state index contributed by atoms with van der Waals surface area (Å²) < 4.78 is 36.5. The van der Waals surface area contributed by atoms with Gasteiger partial charge in [0, 0.05) is 39.5 Å². The van der Waals surface area contributed by atoms with Gasteiger partial charge in [0.1, 0.15) is 11.4 Å². The number of nitrogens with one attached hydrogen (secondary N) is 1. The maximum Gasteiger partial charge on any atom is 0.284 e. The predicted octanol–water partition coefficient (Wildman–Crippen LogP) is 3.38. The van der Waals surface area contributed by atoms with Crippen LogP contribution in [-0.4, -0.2) is 79.6 Å². The van der Waals surface area contributed by atoms with Crippen molar-refractivity contribution in [2.75, 3.05) is 36.5 Å². The van der Waals surface area contributed by atoms with Gasteiger partial charge in [-0.1, -0.05) is 0 Å². The van der Waals surface area contributed by atoms with Gasteiger partial charge in [0.05, 0.1) is 36.7 Å². The lowest BCUT2D eigenvalue weighted by Gasteiger charge is -2.34. The molecule has 3 aromatic heterocycles. The monoisotopic (exact) mass is 502 g/mol. The number of amides is 1. The summed E-state index contributed by atoms with van der Waals surface area (Å²) in [7, 11) is 0. The van der Waals surface area contributed by atoms with E-state index in [2.05, 4.69) is 39.2 Å². The van der Waals surface area contributed by atoms with Gasteiger partial charge in [0.2, 0.25) is 0 Å². The number of ether oxygens (including phenoxy) is 1. The molecule has 6 rings (SSSR count). The summed E-state index contributed by atoms with van der Waals surface area (Å²) in [5.41, 5.74) is 0.190. The first kappa shape index (κ1) is 23.3. The fraction of sp³-hybridized carbons (Fsp3) is 0.583. The minimum absolute atomic E-state index is 0. The van der Waals surface area contributed by atoms with Crippen molar-refractivity contribution in [3.63, 3.8) is 0 Å². The van der Waals surface area contributed by atoms with Crippen LogP contribution in [0, 0.1) is 0 Å². The van der Waals surface area contributed by atoms with Crippen LogP contribution in [0.25, 0.3) is 5.65 Å². The molecule has 0 spiro atoms. The van der Waals surface area contributed by atoms with Crippen LogP contribution < -0.4 is 10.2 Å². The van der Waals surface area contributed by atoms with Crippen molar-refractivity contribution in [2.45, 2.75) is 63.8 Å². The lowest BCUT2D eigenvalue weighted by molar-refractivity contribution is 0.0988. The third kappa shape index (κ3) is 4.11. The molecule has 0 radical (unpaired) electrons. The molecular formula is C24H32F2N8O2. The Bertz CT molecular complexity index is 1270. The highest BCUT2D eigenvalue weighted by Gasteiger charge is 2.39. The number of piperidine rings is 1. The molecule has 1 amide bonds. The second-order valence-electron chi connectivity index (χ2n) is 10.1. The molecule has 1 N–H and O–H groups in total. The maximum absolute atomic E-state index is 13.8. The van der Waals surface area contributed by atoms with Gasteiger partial charge in [0.25, 0.3) is 12.3 Å². The zero-order chi connectivity index (χ0) is 25.0. The van der Waals surface area contributed by atoms with Crippen LogP contribution in [-0.2, 0) is 4.74 Å². The Labute approximate surface area is 208 Å². The summed E-state index contributed by atoms with van der Waals surface area (Å²) in [5, 5.41) is 11.0. The molecule has 0 saturated carbocycles. The average molecular weight is 503 g/mol. The van der Waals surface area contributed by atoms with Crippen LogP contribution in [0.15, 0.2) is 24.7 Å². The molecule has 12 heteroatoms. The summed E-state index contributed by atoms with van der Waals surface area (Å²) in [6.45, 7) is 7.50. The average Bonchev–Trinajstić information content (AvgIpc) is 3.66.